The number of methoxy groups -OCH3 is 1. The molecule has 4 heterocycles. The Labute approximate surface area is 218 Å². The predicted octanol–water partition coefficient (Wildman–Crippen LogP) is 4.63. The number of carbonyl (C=O) groups is 1. The van der Waals surface area contributed by atoms with Gasteiger partial charge in [-0.05, 0) is 30.3 Å². The van der Waals surface area contributed by atoms with Crippen LogP contribution in [0.4, 0.5) is 5.69 Å². The van der Waals surface area contributed by atoms with Gasteiger partial charge >= 0.3 is 0 Å². The van der Waals surface area contributed by atoms with Crippen molar-refractivity contribution < 1.29 is 9.53 Å². The van der Waals surface area contributed by atoms with Crippen LogP contribution in [0, 0.1) is 0 Å². The summed E-state index contributed by atoms with van der Waals surface area (Å²) in [4.78, 5) is 36.6. The van der Waals surface area contributed by atoms with E-state index in [4.69, 9.17) is 4.74 Å². The van der Waals surface area contributed by atoms with Gasteiger partial charge in [-0.3, -0.25) is 14.6 Å². The van der Waals surface area contributed by atoms with Crippen LogP contribution < -0.4 is 15.2 Å². The molecule has 0 aliphatic carbocycles. The second-order valence-corrected chi connectivity index (χ2v) is 10.0. The summed E-state index contributed by atoms with van der Waals surface area (Å²) in [6, 6.07) is 23.7. The van der Waals surface area contributed by atoms with Gasteiger partial charge in [0, 0.05) is 43.4 Å². The number of anilines is 1. The molecule has 37 heavy (non-hydrogen) atoms. The third kappa shape index (κ3) is 4.13. The number of hydrogen-bond acceptors (Lipinski definition) is 6. The number of para-hydroxylation sites is 2. The highest BCUT2D eigenvalue weighted by atomic mass is 32.1. The fraction of sp³-hybridized carbons (Fsp3) is 0.207. The Bertz CT molecular complexity index is 1640. The summed E-state index contributed by atoms with van der Waals surface area (Å²) >= 11 is 1.35. The first kappa shape index (κ1) is 23.2. The Morgan fingerprint density at radius 1 is 0.946 bits per heavy atom. The molecule has 186 valence electrons. The third-order valence-corrected chi connectivity index (χ3v) is 8.09. The lowest BCUT2D eigenvalue weighted by molar-refractivity contribution is 0.0749. The van der Waals surface area contributed by atoms with Crippen LogP contribution >= 0.6 is 11.3 Å². The van der Waals surface area contributed by atoms with E-state index >= 15 is 0 Å². The number of benzene rings is 2. The molecule has 0 atom stereocenters. The van der Waals surface area contributed by atoms with Crippen molar-refractivity contribution in [2.75, 3.05) is 38.2 Å². The molecule has 3 aromatic heterocycles. The number of thiophene rings is 1. The van der Waals surface area contributed by atoms with Crippen LogP contribution in [0.25, 0.3) is 21.0 Å². The van der Waals surface area contributed by atoms with Gasteiger partial charge < -0.3 is 19.1 Å². The van der Waals surface area contributed by atoms with E-state index in [1.807, 2.05) is 65.6 Å². The van der Waals surface area contributed by atoms with Crippen molar-refractivity contribution in [2.24, 2.45) is 0 Å². The summed E-state index contributed by atoms with van der Waals surface area (Å²) in [5.74, 6) is 0.270. The Morgan fingerprint density at radius 3 is 2.41 bits per heavy atom. The summed E-state index contributed by atoms with van der Waals surface area (Å²) in [6.45, 7) is 3.05. The van der Waals surface area contributed by atoms with Gasteiger partial charge in [-0.1, -0.05) is 42.5 Å². The number of amides is 1. The highest BCUT2D eigenvalue weighted by Gasteiger charge is 2.29. The summed E-state index contributed by atoms with van der Waals surface area (Å²) in [5, 5.41) is 1.37. The van der Waals surface area contributed by atoms with E-state index in [0.717, 1.165) is 40.1 Å². The molecule has 6 rings (SSSR count). The van der Waals surface area contributed by atoms with Crippen LogP contribution in [0.2, 0.25) is 0 Å². The predicted molar refractivity (Wildman–Crippen MR) is 148 cm³/mol. The molecule has 1 amide bonds. The molecule has 1 fully saturated rings. The first-order valence-corrected chi connectivity index (χ1v) is 13.1. The molecule has 5 aromatic rings. The van der Waals surface area contributed by atoms with Gasteiger partial charge in [-0.25, -0.2) is 0 Å². The number of aromatic nitrogens is 2. The zero-order chi connectivity index (χ0) is 25.4. The Morgan fingerprint density at radius 2 is 1.68 bits per heavy atom. The van der Waals surface area contributed by atoms with E-state index < -0.39 is 0 Å². The van der Waals surface area contributed by atoms with E-state index in [-0.39, 0.29) is 11.5 Å². The van der Waals surface area contributed by atoms with Gasteiger partial charge in [0.25, 0.3) is 11.5 Å². The van der Waals surface area contributed by atoms with Crippen LogP contribution in [0.15, 0.2) is 83.8 Å². The summed E-state index contributed by atoms with van der Waals surface area (Å²) < 4.78 is 8.26. The molecule has 0 unspecified atom stereocenters. The van der Waals surface area contributed by atoms with Gasteiger partial charge in [0.15, 0.2) is 5.75 Å². The average molecular weight is 511 g/mol. The second kappa shape index (κ2) is 9.71. The van der Waals surface area contributed by atoms with Crippen LogP contribution in [-0.2, 0) is 6.54 Å². The smallest absolute Gasteiger partial charge is 0.267 e. The molecule has 0 radical (unpaired) electrons. The topological polar surface area (TPSA) is 67.7 Å². The number of carbonyl (C=O) groups excluding carboxylic acids is 1. The van der Waals surface area contributed by atoms with Gasteiger partial charge in [0.1, 0.15) is 10.3 Å². The SMILES string of the molecule is COc1c(C(=O)N2CCN(c3ccccc3)CC2)sc2c1c(=O)n(Cc1ccccn1)c1ccccc21. The molecule has 1 saturated heterocycles. The van der Waals surface area contributed by atoms with E-state index in [0.29, 0.717) is 35.6 Å². The lowest BCUT2D eigenvalue weighted by Crippen LogP contribution is -2.48. The summed E-state index contributed by atoms with van der Waals surface area (Å²) in [6.07, 6.45) is 1.72. The van der Waals surface area contributed by atoms with Crippen molar-refractivity contribution in [3.8, 4) is 5.75 Å². The van der Waals surface area contributed by atoms with Crippen LogP contribution in [-0.4, -0.2) is 53.6 Å². The maximum atomic E-state index is 13.9. The van der Waals surface area contributed by atoms with Crippen molar-refractivity contribution in [2.45, 2.75) is 6.54 Å². The van der Waals surface area contributed by atoms with Gasteiger partial charge in [0.05, 0.1) is 29.6 Å². The van der Waals surface area contributed by atoms with Crippen molar-refractivity contribution in [3.05, 3.63) is 99.9 Å². The molecule has 1 aliphatic rings. The van der Waals surface area contributed by atoms with Crippen molar-refractivity contribution in [3.63, 3.8) is 0 Å². The maximum absolute atomic E-state index is 13.9. The van der Waals surface area contributed by atoms with E-state index in [2.05, 4.69) is 22.0 Å². The average Bonchev–Trinajstić information content (AvgIpc) is 3.36. The summed E-state index contributed by atoms with van der Waals surface area (Å²) in [5.41, 5.74) is 2.58. The standard InChI is InChI=1S/C29H26N4O3S/c1-36-25-24-26(22-12-5-6-13-23(22)33(28(24)34)19-20-9-7-8-14-30-20)37-27(25)29(35)32-17-15-31(16-18-32)21-10-3-2-4-11-21/h2-14H,15-19H2,1H3. The third-order valence-electron chi connectivity index (χ3n) is 6.90. The highest BCUT2D eigenvalue weighted by molar-refractivity contribution is 7.22. The molecule has 2 aromatic carbocycles. The molecule has 0 bridgehead atoms. The highest BCUT2D eigenvalue weighted by Crippen LogP contribution is 2.40. The molecule has 7 nitrogen and oxygen atoms in total. The van der Waals surface area contributed by atoms with Crippen LogP contribution in [0.5, 0.6) is 5.75 Å². The van der Waals surface area contributed by atoms with Crippen LogP contribution in [0.1, 0.15) is 15.4 Å². The van der Waals surface area contributed by atoms with Gasteiger partial charge in [0.2, 0.25) is 0 Å². The number of ether oxygens (including phenoxy) is 1. The zero-order valence-electron chi connectivity index (χ0n) is 20.5. The van der Waals surface area contributed by atoms with Crippen LogP contribution in [0.3, 0.4) is 0 Å². The van der Waals surface area contributed by atoms with E-state index in [9.17, 15) is 9.59 Å². The molecular weight excluding hydrogens is 484 g/mol. The van der Waals surface area contributed by atoms with Crippen molar-refractivity contribution in [1.82, 2.24) is 14.5 Å². The molecule has 0 N–H and O–H groups in total. The van der Waals surface area contributed by atoms with Crippen molar-refractivity contribution >= 4 is 43.9 Å². The fourth-order valence-corrected chi connectivity index (χ4v) is 6.30. The quantitative estimate of drug-likeness (QED) is 0.345. The minimum atomic E-state index is -0.180. The molecule has 1 aliphatic heterocycles. The Kier molecular flexibility index (Phi) is 6.10. The maximum Gasteiger partial charge on any atom is 0.267 e. The van der Waals surface area contributed by atoms with E-state index in [1.165, 1.54) is 18.4 Å². The summed E-state index contributed by atoms with van der Waals surface area (Å²) in [7, 11) is 1.53. The number of piperazine rings is 1. The van der Waals surface area contributed by atoms with E-state index in [1.54, 1.807) is 10.8 Å². The van der Waals surface area contributed by atoms with Gasteiger partial charge in [-0.15, -0.1) is 11.3 Å². The normalized spacial score (nSPS) is 13.9. The second-order valence-electron chi connectivity index (χ2n) is 9.01. The molecule has 8 heteroatoms. The molecular formula is C29H26N4O3S. The monoisotopic (exact) mass is 510 g/mol. The minimum Gasteiger partial charge on any atom is -0.494 e. The minimum absolute atomic E-state index is 0.0921. The molecule has 0 spiro atoms. The Balaban J connectivity index is 1.40. The zero-order valence-corrected chi connectivity index (χ0v) is 21.3. The number of hydrogen-bond donors (Lipinski definition) is 0. The Hall–Kier alpha value is -4.17. The first-order valence-electron chi connectivity index (χ1n) is 12.3. The number of fused-ring (bicyclic) bond motifs is 3. The van der Waals surface area contributed by atoms with Crippen molar-refractivity contribution in [1.29, 1.82) is 0 Å². The number of nitrogens with zero attached hydrogens (tertiary/aromatic N) is 4. The molecule has 0 saturated carbocycles. The number of rotatable bonds is 5. The largest absolute Gasteiger partial charge is 0.494 e. The number of pyridine rings is 2. The lowest BCUT2D eigenvalue weighted by atomic mass is 10.1. The van der Waals surface area contributed by atoms with Gasteiger partial charge in [-0.2, -0.15) is 0 Å². The lowest BCUT2D eigenvalue weighted by Gasteiger charge is -2.36. The first-order chi connectivity index (χ1) is 18.2. The fourth-order valence-electron chi connectivity index (χ4n) is 5.04.